The van der Waals surface area contributed by atoms with E-state index >= 15 is 0 Å². The fraction of sp³-hybridized carbons (Fsp3) is 0.381. The van der Waals surface area contributed by atoms with Crippen LogP contribution in [0.15, 0.2) is 48.9 Å². The number of morpholine rings is 1. The summed E-state index contributed by atoms with van der Waals surface area (Å²) in [7, 11) is 5.91. The average molecular weight is 379 g/mol. The monoisotopic (exact) mass is 379 g/mol. The normalized spacial score (nSPS) is 20.1. The number of ether oxygens (including phenoxy) is 1. The van der Waals surface area contributed by atoms with Crippen molar-refractivity contribution in [3.05, 3.63) is 60.0 Å². The predicted octanol–water partition coefficient (Wildman–Crippen LogP) is 2.11. The third-order valence-electron chi connectivity index (χ3n) is 5.10. The number of carbonyl (C=O) groups is 1. The van der Waals surface area contributed by atoms with Crippen LogP contribution in [0.5, 0.6) is 0 Å². The number of pyridine rings is 1. The molecule has 3 aromatic rings. The zero-order valence-electron chi connectivity index (χ0n) is 16.4. The zero-order valence-corrected chi connectivity index (χ0v) is 16.4. The van der Waals surface area contributed by atoms with Crippen LogP contribution >= 0.6 is 0 Å². The Morgan fingerprint density at radius 1 is 1.29 bits per heavy atom. The number of aromatic nitrogens is 3. The summed E-state index contributed by atoms with van der Waals surface area (Å²) in [6.45, 7) is 1.78. The molecular weight excluding hydrogens is 354 g/mol. The van der Waals surface area contributed by atoms with Crippen molar-refractivity contribution in [2.75, 3.05) is 33.8 Å². The maximum Gasteiger partial charge on any atom is 0.255 e. The van der Waals surface area contributed by atoms with Crippen LogP contribution in [0, 0.1) is 0 Å². The van der Waals surface area contributed by atoms with E-state index in [1.165, 1.54) is 0 Å². The van der Waals surface area contributed by atoms with E-state index in [0.717, 1.165) is 23.0 Å². The quantitative estimate of drug-likeness (QED) is 0.695. The van der Waals surface area contributed by atoms with E-state index in [2.05, 4.69) is 15.0 Å². The van der Waals surface area contributed by atoms with Crippen molar-refractivity contribution in [2.24, 2.45) is 7.05 Å². The Kier molecular flexibility index (Phi) is 5.11. The highest BCUT2D eigenvalue weighted by Gasteiger charge is 2.38. The molecule has 0 aliphatic carbocycles. The summed E-state index contributed by atoms with van der Waals surface area (Å²) in [5, 5.41) is 5.19. The summed E-state index contributed by atoms with van der Waals surface area (Å²) in [5.41, 5.74) is 2.48. The molecule has 1 aromatic carbocycles. The summed E-state index contributed by atoms with van der Waals surface area (Å²) in [6.07, 6.45) is 5.37. The number of hydrogen-bond donors (Lipinski definition) is 0. The molecule has 7 nitrogen and oxygen atoms in total. The lowest BCUT2D eigenvalue weighted by Crippen LogP contribution is -2.51. The summed E-state index contributed by atoms with van der Waals surface area (Å²) < 4.78 is 7.85. The van der Waals surface area contributed by atoms with Crippen LogP contribution in [0.3, 0.4) is 0 Å². The van der Waals surface area contributed by atoms with Crippen LogP contribution in [-0.4, -0.2) is 70.4 Å². The van der Waals surface area contributed by atoms with Gasteiger partial charge in [0.05, 0.1) is 36.0 Å². The zero-order chi connectivity index (χ0) is 19.7. The first-order chi connectivity index (χ1) is 13.5. The van der Waals surface area contributed by atoms with Gasteiger partial charge in [-0.05, 0) is 26.2 Å². The Morgan fingerprint density at radius 3 is 2.86 bits per heavy atom. The van der Waals surface area contributed by atoms with Gasteiger partial charge in [0, 0.05) is 43.5 Å². The summed E-state index contributed by atoms with van der Waals surface area (Å²) >= 11 is 0. The van der Waals surface area contributed by atoms with E-state index in [9.17, 15) is 4.79 Å². The largest absolute Gasteiger partial charge is 0.373 e. The number of hydrogen-bond acceptors (Lipinski definition) is 5. The molecule has 0 saturated carbocycles. The van der Waals surface area contributed by atoms with E-state index in [-0.39, 0.29) is 18.1 Å². The molecule has 2 atom stereocenters. The fourth-order valence-corrected chi connectivity index (χ4v) is 3.90. The van der Waals surface area contributed by atoms with Crippen molar-refractivity contribution in [3.8, 4) is 0 Å². The van der Waals surface area contributed by atoms with Crippen molar-refractivity contribution in [2.45, 2.75) is 12.1 Å². The second-order valence-corrected chi connectivity index (χ2v) is 7.44. The molecule has 0 bridgehead atoms. The van der Waals surface area contributed by atoms with E-state index in [0.29, 0.717) is 18.7 Å². The van der Waals surface area contributed by atoms with Crippen molar-refractivity contribution in [1.29, 1.82) is 0 Å². The molecule has 0 radical (unpaired) electrons. The number of fused-ring (bicyclic) bond motifs is 1. The standard InChI is InChI=1S/C21H25N5O2/c1-24(2)14-19-20(15-12-23-25(3)13-15)26(10-11-28-19)21(27)17-8-9-22-18-7-5-4-6-16(17)18/h4-9,12-13,19-20H,10-11,14H2,1-3H3/t19-,20-/m0/s1. The first-order valence-electron chi connectivity index (χ1n) is 9.44. The van der Waals surface area contributed by atoms with Gasteiger partial charge < -0.3 is 14.5 Å². The number of nitrogens with zero attached hydrogens (tertiary/aromatic N) is 5. The molecule has 0 N–H and O–H groups in total. The summed E-state index contributed by atoms with van der Waals surface area (Å²) in [4.78, 5) is 22.0. The molecule has 7 heteroatoms. The molecule has 1 aliphatic heterocycles. The summed E-state index contributed by atoms with van der Waals surface area (Å²) in [5.74, 6) is -0.000454. The highest BCUT2D eigenvalue weighted by Crippen LogP contribution is 2.32. The van der Waals surface area contributed by atoms with Crippen molar-refractivity contribution >= 4 is 16.8 Å². The second-order valence-electron chi connectivity index (χ2n) is 7.44. The van der Waals surface area contributed by atoms with Gasteiger partial charge >= 0.3 is 0 Å². The number of benzene rings is 1. The maximum absolute atomic E-state index is 13.6. The van der Waals surface area contributed by atoms with E-state index in [1.807, 2.05) is 62.7 Å². The van der Waals surface area contributed by atoms with Crippen LogP contribution in [0.25, 0.3) is 10.9 Å². The van der Waals surface area contributed by atoms with Gasteiger partial charge in [-0.25, -0.2) is 0 Å². The fourth-order valence-electron chi connectivity index (χ4n) is 3.90. The van der Waals surface area contributed by atoms with Gasteiger partial charge in [-0.15, -0.1) is 0 Å². The van der Waals surface area contributed by atoms with Crippen LogP contribution in [0.1, 0.15) is 22.0 Å². The second kappa shape index (κ2) is 7.69. The number of amides is 1. The third-order valence-corrected chi connectivity index (χ3v) is 5.10. The first kappa shape index (κ1) is 18.6. The molecule has 1 saturated heterocycles. The molecule has 146 valence electrons. The maximum atomic E-state index is 13.6. The van der Waals surface area contributed by atoms with E-state index < -0.39 is 0 Å². The Labute approximate surface area is 164 Å². The number of likely N-dealkylation sites (N-methyl/N-ethyl adjacent to an activating group) is 1. The lowest BCUT2D eigenvalue weighted by atomic mass is 9.98. The number of aryl methyl sites for hydroxylation is 1. The minimum atomic E-state index is -0.190. The minimum Gasteiger partial charge on any atom is -0.373 e. The van der Waals surface area contributed by atoms with Gasteiger partial charge in [-0.1, -0.05) is 18.2 Å². The SMILES string of the molecule is CN(C)C[C@@H]1OCCN(C(=O)c2ccnc3ccccc23)[C@H]1c1cnn(C)c1. The minimum absolute atomic E-state index is 0.000454. The first-order valence-corrected chi connectivity index (χ1v) is 9.44. The van der Waals surface area contributed by atoms with Crippen LogP contribution in [-0.2, 0) is 11.8 Å². The van der Waals surface area contributed by atoms with Crippen LogP contribution in [0.4, 0.5) is 0 Å². The molecule has 1 fully saturated rings. The van der Waals surface area contributed by atoms with Crippen LogP contribution < -0.4 is 0 Å². The smallest absolute Gasteiger partial charge is 0.255 e. The molecule has 4 rings (SSSR count). The number of carbonyl (C=O) groups excluding carboxylic acids is 1. The lowest BCUT2D eigenvalue weighted by molar-refractivity contribution is -0.0684. The van der Waals surface area contributed by atoms with Crippen molar-refractivity contribution < 1.29 is 9.53 Å². The predicted molar refractivity (Wildman–Crippen MR) is 107 cm³/mol. The van der Waals surface area contributed by atoms with Gasteiger partial charge in [-0.3, -0.25) is 14.5 Å². The Morgan fingerprint density at radius 2 is 2.11 bits per heavy atom. The average Bonchev–Trinajstić information content (AvgIpc) is 3.12. The van der Waals surface area contributed by atoms with Gasteiger partial charge in [0.1, 0.15) is 0 Å². The molecule has 1 amide bonds. The molecule has 1 aliphatic rings. The van der Waals surface area contributed by atoms with Gasteiger partial charge in [0.2, 0.25) is 0 Å². The van der Waals surface area contributed by atoms with E-state index in [4.69, 9.17) is 4.74 Å². The third kappa shape index (κ3) is 3.50. The highest BCUT2D eigenvalue weighted by molar-refractivity contribution is 6.06. The lowest BCUT2D eigenvalue weighted by Gasteiger charge is -2.42. The van der Waals surface area contributed by atoms with Gasteiger partial charge in [-0.2, -0.15) is 5.10 Å². The summed E-state index contributed by atoms with van der Waals surface area (Å²) in [6, 6.07) is 9.37. The molecule has 0 unspecified atom stereocenters. The molecule has 2 aromatic heterocycles. The highest BCUT2D eigenvalue weighted by atomic mass is 16.5. The van der Waals surface area contributed by atoms with E-state index in [1.54, 1.807) is 16.9 Å². The Hall–Kier alpha value is -2.77. The molecular formula is C21H25N5O2. The Bertz CT molecular complexity index is 978. The number of para-hydroxylation sites is 1. The topological polar surface area (TPSA) is 63.5 Å². The van der Waals surface area contributed by atoms with Gasteiger partial charge in [0.15, 0.2) is 0 Å². The van der Waals surface area contributed by atoms with Crippen LogP contribution in [0.2, 0.25) is 0 Å². The Balaban J connectivity index is 1.75. The van der Waals surface area contributed by atoms with Crippen molar-refractivity contribution in [3.63, 3.8) is 0 Å². The number of rotatable bonds is 4. The van der Waals surface area contributed by atoms with Crippen molar-refractivity contribution in [1.82, 2.24) is 24.6 Å². The molecule has 0 spiro atoms. The van der Waals surface area contributed by atoms with Gasteiger partial charge in [0.25, 0.3) is 5.91 Å². The molecule has 28 heavy (non-hydrogen) atoms. The molecule has 3 heterocycles.